The highest BCUT2D eigenvalue weighted by Crippen LogP contribution is 2.13. The summed E-state index contributed by atoms with van der Waals surface area (Å²) in [5.41, 5.74) is 7.28. The Morgan fingerprint density at radius 2 is 1.79 bits per heavy atom. The normalized spacial score (nSPS) is 13.2. The van der Waals surface area contributed by atoms with Crippen molar-refractivity contribution in [3.05, 3.63) is 34.9 Å². The summed E-state index contributed by atoms with van der Waals surface area (Å²) in [5.74, 6) is 0.558. The predicted octanol–water partition coefficient (Wildman–Crippen LogP) is 3.26. The lowest BCUT2D eigenvalue weighted by atomic mass is 9.98. The Balaban J connectivity index is 2.42. The lowest BCUT2D eigenvalue weighted by Crippen LogP contribution is -2.26. The molecule has 0 fully saturated rings. The molecule has 0 radical (unpaired) electrons. The first kappa shape index (κ1) is 11.5. The average molecular weight is 212 g/mol. The molecule has 0 saturated heterocycles. The molecule has 0 aromatic heterocycles. The van der Waals surface area contributed by atoms with E-state index in [-0.39, 0.29) is 0 Å². The van der Waals surface area contributed by atoms with E-state index in [1.807, 2.05) is 12.1 Å². The number of aryl methyl sites for hydroxylation is 1. The van der Waals surface area contributed by atoms with Crippen molar-refractivity contribution in [3.63, 3.8) is 0 Å². The lowest BCUT2D eigenvalue weighted by molar-refractivity contribution is 0.464. The first-order chi connectivity index (χ1) is 6.59. The molecule has 1 aromatic rings. The third-order valence-electron chi connectivity index (χ3n) is 2.54. The van der Waals surface area contributed by atoms with Crippen molar-refractivity contribution < 1.29 is 0 Å². The minimum Gasteiger partial charge on any atom is -0.327 e. The van der Waals surface area contributed by atoms with Gasteiger partial charge >= 0.3 is 0 Å². The Morgan fingerprint density at radius 3 is 2.29 bits per heavy atom. The Kier molecular flexibility index (Phi) is 4.43. The summed E-state index contributed by atoms with van der Waals surface area (Å²) in [6.07, 6.45) is 2.08. The van der Waals surface area contributed by atoms with E-state index in [0.29, 0.717) is 12.0 Å². The first-order valence-electron chi connectivity index (χ1n) is 5.09. The van der Waals surface area contributed by atoms with Crippen LogP contribution in [0.1, 0.15) is 25.8 Å². The fraction of sp³-hybridized carbons (Fsp3) is 0.500. The monoisotopic (exact) mass is 211 g/mol. The molecule has 1 aromatic carbocycles. The molecule has 0 aliphatic heterocycles. The van der Waals surface area contributed by atoms with Gasteiger partial charge in [0.15, 0.2) is 0 Å². The van der Waals surface area contributed by atoms with Gasteiger partial charge in [-0.15, -0.1) is 0 Å². The Labute approximate surface area is 91.3 Å². The third-order valence-corrected chi connectivity index (χ3v) is 2.79. The van der Waals surface area contributed by atoms with Gasteiger partial charge in [-0.05, 0) is 36.5 Å². The summed E-state index contributed by atoms with van der Waals surface area (Å²) in [7, 11) is 0. The highest BCUT2D eigenvalue weighted by Gasteiger charge is 2.06. The maximum Gasteiger partial charge on any atom is 0.0406 e. The van der Waals surface area contributed by atoms with Crippen molar-refractivity contribution in [1.29, 1.82) is 0 Å². The molecule has 1 rings (SSSR count). The molecule has 1 nitrogen and oxygen atoms in total. The van der Waals surface area contributed by atoms with Crippen molar-refractivity contribution in [1.82, 2.24) is 0 Å². The molecule has 78 valence electrons. The molecule has 0 spiro atoms. The van der Waals surface area contributed by atoms with Gasteiger partial charge in [0.25, 0.3) is 0 Å². The van der Waals surface area contributed by atoms with E-state index in [1.165, 1.54) is 5.56 Å². The number of hydrogen-bond donors (Lipinski definition) is 1. The van der Waals surface area contributed by atoms with Gasteiger partial charge in [-0.25, -0.2) is 0 Å². The fourth-order valence-corrected chi connectivity index (χ4v) is 1.44. The van der Waals surface area contributed by atoms with Crippen LogP contribution >= 0.6 is 11.6 Å². The second-order valence-electron chi connectivity index (χ2n) is 4.07. The molecule has 14 heavy (non-hydrogen) atoms. The zero-order chi connectivity index (χ0) is 10.6. The van der Waals surface area contributed by atoms with Gasteiger partial charge in [0.05, 0.1) is 0 Å². The Hall–Kier alpha value is -0.530. The quantitative estimate of drug-likeness (QED) is 0.813. The van der Waals surface area contributed by atoms with Gasteiger partial charge < -0.3 is 5.73 Å². The van der Waals surface area contributed by atoms with E-state index in [2.05, 4.69) is 26.0 Å². The van der Waals surface area contributed by atoms with Crippen LogP contribution in [-0.2, 0) is 6.42 Å². The van der Waals surface area contributed by atoms with Crippen LogP contribution in [0, 0.1) is 5.92 Å². The Morgan fingerprint density at radius 1 is 1.21 bits per heavy atom. The van der Waals surface area contributed by atoms with Crippen molar-refractivity contribution in [2.45, 2.75) is 32.7 Å². The van der Waals surface area contributed by atoms with Crippen molar-refractivity contribution in [2.75, 3.05) is 0 Å². The highest BCUT2D eigenvalue weighted by atomic mass is 35.5. The van der Waals surface area contributed by atoms with Crippen molar-refractivity contribution in [2.24, 2.45) is 11.7 Å². The number of hydrogen-bond acceptors (Lipinski definition) is 1. The van der Waals surface area contributed by atoms with Gasteiger partial charge in [-0.1, -0.05) is 37.6 Å². The van der Waals surface area contributed by atoms with E-state index in [0.717, 1.165) is 17.9 Å². The molecule has 1 atom stereocenters. The third kappa shape index (κ3) is 3.69. The predicted molar refractivity (Wildman–Crippen MR) is 62.6 cm³/mol. The smallest absolute Gasteiger partial charge is 0.0406 e. The van der Waals surface area contributed by atoms with E-state index in [9.17, 15) is 0 Å². The van der Waals surface area contributed by atoms with Crippen LogP contribution in [-0.4, -0.2) is 6.04 Å². The van der Waals surface area contributed by atoms with Crippen molar-refractivity contribution in [3.8, 4) is 0 Å². The molecule has 0 bridgehead atoms. The van der Waals surface area contributed by atoms with Gasteiger partial charge in [0.2, 0.25) is 0 Å². The number of nitrogens with two attached hydrogens (primary N) is 1. The molecule has 0 aliphatic carbocycles. The van der Waals surface area contributed by atoms with Gasteiger partial charge in [-0.3, -0.25) is 0 Å². The van der Waals surface area contributed by atoms with E-state index in [1.54, 1.807) is 0 Å². The molecule has 2 heteroatoms. The number of rotatable bonds is 4. The fourth-order valence-electron chi connectivity index (χ4n) is 1.32. The van der Waals surface area contributed by atoms with Gasteiger partial charge in [-0.2, -0.15) is 0 Å². The minimum atomic E-state index is 0.297. The van der Waals surface area contributed by atoms with Gasteiger partial charge in [0, 0.05) is 11.1 Å². The topological polar surface area (TPSA) is 26.0 Å². The van der Waals surface area contributed by atoms with Crippen LogP contribution < -0.4 is 5.73 Å². The molecular formula is C12H18ClN. The minimum absolute atomic E-state index is 0.297. The van der Waals surface area contributed by atoms with E-state index in [4.69, 9.17) is 17.3 Å². The summed E-state index contributed by atoms with van der Waals surface area (Å²) in [4.78, 5) is 0. The van der Waals surface area contributed by atoms with Crippen LogP contribution in [0.15, 0.2) is 24.3 Å². The summed E-state index contributed by atoms with van der Waals surface area (Å²) in [6, 6.07) is 8.28. The summed E-state index contributed by atoms with van der Waals surface area (Å²) >= 11 is 5.80. The first-order valence-corrected chi connectivity index (χ1v) is 5.47. The van der Waals surface area contributed by atoms with Crippen LogP contribution in [0.3, 0.4) is 0 Å². The summed E-state index contributed by atoms with van der Waals surface area (Å²) in [6.45, 7) is 4.32. The summed E-state index contributed by atoms with van der Waals surface area (Å²) < 4.78 is 0. The Bertz CT molecular complexity index is 266. The standard InChI is InChI=1S/C12H18ClN/c1-9(2)12(14)8-5-10-3-6-11(13)7-4-10/h3-4,6-7,9,12H,5,8,14H2,1-2H3. The van der Waals surface area contributed by atoms with Crippen LogP contribution in [0.4, 0.5) is 0 Å². The molecule has 1 unspecified atom stereocenters. The van der Waals surface area contributed by atoms with Crippen LogP contribution in [0.25, 0.3) is 0 Å². The average Bonchev–Trinajstić information content (AvgIpc) is 2.16. The largest absolute Gasteiger partial charge is 0.327 e. The molecule has 2 N–H and O–H groups in total. The van der Waals surface area contributed by atoms with E-state index >= 15 is 0 Å². The number of halogens is 1. The zero-order valence-electron chi connectivity index (χ0n) is 8.83. The van der Waals surface area contributed by atoms with Crippen LogP contribution in [0.5, 0.6) is 0 Å². The van der Waals surface area contributed by atoms with Crippen molar-refractivity contribution >= 4 is 11.6 Å². The number of benzene rings is 1. The molecular weight excluding hydrogens is 194 g/mol. The summed E-state index contributed by atoms with van der Waals surface area (Å²) in [5, 5.41) is 0.793. The molecule has 0 amide bonds. The highest BCUT2D eigenvalue weighted by molar-refractivity contribution is 6.30. The van der Waals surface area contributed by atoms with E-state index < -0.39 is 0 Å². The second-order valence-corrected chi connectivity index (χ2v) is 4.51. The molecule has 0 aliphatic rings. The maximum absolute atomic E-state index is 5.97. The zero-order valence-corrected chi connectivity index (χ0v) is 9.59. The lowest BCUT2D eigenvalue weighted by Gasteiger charge is -2.15. The second kappa shape index (κ2) is 5.38. The molecule has 0 heterocycles. The van der Waals surface area contributed by atoms with Crippen LogP contribution in [0.2, 0.25) is 5.02 Å². The molecule has 0 saturated carbocycles. The van der Waals surface area contributed by atoms with Gasteiger partial charge in [0.1, 0.15) is 0 Å². The SMILES string of the molecule is CC(C)C(N)CCc1ccc(Cl)cc1. The maximum atomic E-state index is 5.97.